The fourth-order valence-electron chi connectivity index (χ4n) is 0.924. The van der Waals surface area contributed by atoms with Gasteiger partial charge in [-0.2, -0.15) is 0 Å². The Kier molecular flexibility index (Phi) is 4.40. The first-order valence-corrected chi connectivity index (χ1v) is 5.42. The third-order valence-electron chi connectivity index (χ3n) is 1.51. The number of thiazole rings is 1. The van der Waals surface area contributed by atoms with Gasteiger partial charge in [-0.15, -0.1) is 22.9 Å². The minimum atomic E-state index is 0.221. The van der Waals surface area contributed by atoms with E-state index in [1.54, 1.807) is 17.5 Å². The average molecular weight is 205 g/mol. The summed E-state index contributed by atoms with van der Waals surface area (Å²) in [5.41, 5.74) is 0. The summed E-state index contributed by atoms with van der Waals surface area (Å²) in [7, 11) is 0. The van der Waals surface area contributed by atoms with Crippen molar-refractivity contribution in [3.63, 3.8) is 0 Å². The van der Waals surface area contributed by atoms with Crippen LogP contribution in [0.15, 0.2) is 11.6 Å². The number of nitrogens with one attached hydrogen (secondary N) is 1. The lowest BCUT2D eigenvalue weighted by Crippen LogP contribution is -2.13. The zero-order chi connectivity index (χ0) is 8.81. The molecule has 1 N–H and O–H groups in total. The molecule has 1 heterocycles. The summed E-state index contributed by atoms with van der Waals surface area (Å²) in [5.74, 6) is 0. The predicted octanol–water partition coefficient (Wildman–Crippen LogP) is 2.96. The number of anilines is 1. The number of alkyl halides is 1. The standard InChI is InChI=1S/C8H13ClN2S/c1-2-3-7(9)6-11-8-10-4-5-12-8/h4-5,7H,2-3,6H2,1H3,(H,10,11). The van der Waals surface area contributed by atoms with Gasteiger partial charge < -0.3 is 5.32 Å². The summed E-state index contributed by atoms with van der Waals surface area (Å²) in [6.07, 6.45) is 3.98. The fraction of sp³-hybridized carbons (Fsp3) is 0.625. The molecule has 4 heteroatoms. The maximum Gasteiger partial charge on any atom is 0.182 e. The molecule has 1 aromatic rings. The quantitative estimate of drug-likeness (QED) is 0.747. The topological polar surface area (TPSA) is 24.9 Å². The molecule has 1 unspecified atom stereocenters. The molecule has 0 aromatic carbocycles. The van der Waals surface area contributed by atoms with Crippen LogP contribution >= 0.6 is 22.9 Å². The van der Waals surface area contributed by atoms with Gasteiger partial charge in [0.2, 0.25) is 0 Å². The minimum absolute atomic E-state index is 0.221. The van der Waals surface area contributed by atoms with E-state index in [2.05, 4.69) is 17.2 Å². The Balaban J connectivity index is 2.17. The SMILES string of the molecule is CCCC(Cl)CNc1nccs1. The number of hydrogen-bond acceptors (Lipinski definition) is 3. The molecule has 12 heavy (non-hydrogen) atoms. The van der Waals surface area contributed by atoms with Gasteiger partial charge in [-0.25, -0.2) is 4.98 Å². The Morgan fingerprint density at radius 3 is 3.17 bits per heavy atom. The van der Waals surface area contributed by atoms with Crippen molar-refractivity contribution < 1.29 is 0 Å². The van der Waals surface area contributed by atoms with Gasteiger partial charge in [0.05, 0.1) is 5.38 Å². The van der Waals surface area contributed by atoms with E-state index >= 15 is 0 Å². The normalized spacial score (nSPS) is 12.8. The van der Waals surface area contributed by atoms with E-state index < -0.39 is 0 Å². The third kappa shape index (κ3) is 3.41. The van der Waals surface area contributed by atoms with Crippen LogP contribution in [0.3, 0.4) is 0 Å². The van der Waals surface area contributed by atoms with E-state index in [1.807, 2.05) is 5.38 Å². The summed E-state index contributed by atoms with van der Waals surface area (Å²) in [4.78, 5) is 4.10. The highest BCUT2D eigenvalue weighted by Crippen LogP contribution is 2.12. The molecule has 68 valence electrons. The number of nitrogens with zero attached hydrogens (tertiary/aromatic N) is 1. The van der Waals surface area contributed by atoms with E-state index in [-0.39, 0.29) is 5.38 Å². The molecule has 0 radical (unpaired) electrons. The van der Waals surface area contributed by atoms with E-state index in [9.17, 15) is 0 Å². The van der Waals surface area contributed by atoms with Crippen LogP contribution in [0.2, 0.25) is 0 Å². The second kappa shape index (κ2) is 5.38. The van der Waals surface area contributed by atoms with Crippen LogP contribution in [-0.4, -0.2) is 16.9 Å². The molecule has 0 bridgehead atoms. The first kappa shape index (κ1) is 9.81. The van der Waals surface area contributed by atoms with E-state index in [0.717, 1.165) is 24.5 Å². The van der Waals surface area contributed by atoms with Crippen LogP contribution in [0.25, 0.3) is 0 Å². The summed E-state index contributed by atoms with van der Waals surface area (Å²) in [6.45, 7) is 2.95. The van der Waals surface area contributed by atoms with Crippen molar-refractivity contribution in [2.24, 2.45) is 0 Å². The maximum absolute atomic E-state index is 6.01. The van der Waals surface area contributed by atoms with Gasteiger partial charge in [0.1, 0.15) is 0 Å². The largest absolute Gasteiger partial charge is 0.360 e. The van der Waals surface area contributed by atoms with Crippen LogP contribution in [0.1, 0.15) is 19.8 Å². The van der Waals surface area contributed by atoms with Crippen molar-refractivity contribution in [2.45, 2.75) is 25.1 Å². The summed E-state index contributed by atoms with van der Waals surface area (Å²) >= 11 is 7.61. The lowest BCUT2D eigenvalue weighted by molar-refractivity contribution is 0.751. The molecule has 0 fully saturated rings. The van der Waals surface area contributed by atoms with Gasteiger partial charge in [0, 0.05) is 18.1 Å². The number of rotatable bonds is 5. The Hall–Kier alpha value is -0.280. The Morgan fingerprint density at radius 1 is 1.75 bits per heavy atom. The lowest BCUT2D eigenvalue weighted by atomic mass is 10.2. The van der Waals surface area contributed by atoms with Gasteiger partial charge in [-0.1, -0.05) is 13.3 Å². The fourth-order valence-corrected chi connectivity index (χ4v) is 1.76. The third-order valence-corrected chi connectivity index (χ3v) is 2.61. The molecule has 0 saturated heterocycles. The Bertz CT molecular complexity index is 201. The summed E-state index contributed by atoms with van der Waals surface area (Å²) in [5, 5.41) is 6.31. The Labute approximate surface area is 82.0 Å². The first-order chi connectivity index (χ1) is 5.83. The minimum Gasteiger partial charge on any atom is -0.360 e. The second-order valence-electron chi connectivity index (χ2n) is 2.60. The van der Waals surface area contributed by atoms with Crippen molar-refractivity contribution in [3.05, 3.63) is 11.6 Å². The molecule has 1 rings (SSSR count). The smallest absolute Gasteiger partial charge is 0.182 e. The van der Waals surface area contributed by atoms with Crippen LogP contribution in [0, 0.1) is 0 Å². The number of halogens is 1. The van der Waals surface area contributed by atoms with E-state index in [1.165, 1.54) is 0 Å². The van der Waals surface area contributed by atoms with Crippen molar-refractivity contribution in [1.82, 2.24) is 4.98 Å². The number of hydrogen-bond donors (Lipinski definition) is 1. The van der Waals surface area contributed by atoms with Crippen LogP contribution in [0.4, 0.5) is 5.13 Å². The Morgan fingerprint density at radius 2 is 2.58 bits per heavy atom. The zero-order valence-corrected chi connectivity index (χ0v) is 8.66. The molecule has 0 amide bonds. The predicted molar refractivity (Wildman–Crippen MR) is 55.2 cm³/mol. The van der Waals surface area contributed by atoms with Gasteiger partial charge in [0.25, 0.3) is 0 Å². The van der Waals surface area contributed by atoms with Crippen molar-refractivity contribution in [2.75, 3.05) is 11.9 Å². The molecule has 1 aromatic heterocycles. The van der Waals surface area contributed by atoms with Crippen LogP contribution in [0.5, 0.6) is 0 Å². The average Bonchev–Trinajstić information content (AvgIpc) is 2.53. The molecule has 0 saturated carbocycles. The van der Waals surface area contributed by atoms with E-state index in [0.29, 0.717) is 0 Å². The molecule has 0 aliphatic rings. The molecule has 0 spiro atoms. The molecule has 2 nitrogen and oxygen atoms in total. The van der Waals surface area contributed by atoms with Crippen LogP contribution < -0.4 is 5.32 Å². The van der Waals surface area contributed by atoms with E-state index in [4.69, 9.17) is 11.6 Å². The highest BCUT2D eigenvalue weighted by atomic mass is 35.5. The van der Waals surface area contributed by atoms with Gasteiger partial charge in [0.15, 0.2) is 5.13 Å². The van der Waals surface area contributed by atoms with Gasteiger partial charge >= 0.3 is 0 Å². The van der Waals surface area contributed by atoms with Crippen molar-refractivity contribution >= 4 is 28.1 Å². The highest BCUT2D eigenvalue weighted by Gasteiger charge is 2.02. The lowest BCUT2D eigenvalue weighted by Gasteiger charge is -2.07. The summed E-state index contributed by atoms with van der Waals surface area (Å²) in [6, 6.07) is 0. The van der Waals surface area contributed by atoms with Gasteiger partial charge in [-0.05, 0) is 6.42 Å². The zero-order valence-electron chi connectivity index (χ0n) is 7.09. The molecular weight excluding hydrogens is 192 g/mol. The first-order valence-electron chi connectivity index (χ1n) is 4.10. The van der Waals surface area contributed by atoms with Crippen molar-refractivity contribution in [1.29, 1.82) is 0 Å². The second-order valence-corrected chi connectivity index (χ2v) is 4.12. The maximum atomic E-state index is 6.01. The molecular formula is C8H13ClN2S. The van der Waals surface area contributed by atoms with Crippen molar-refractivity contribution in [3.8, 4) is 0 Å². The molecule has 1 atom stereocenters. The van der Waals surface area contributed by atoms with Gasteiger partial charge in [-0.3, -0.25) is 0 Å². The highest BCUT2D eigenvalue weighted by molar-refractivity contribution is 7.13. The monoisotopic (exact) mass is 204 g/mol. The number of aromatic nitrogens is 1. The molecule has 0 aliphatic carbocycles. The molecule has 0 aliphatic heterocycles. The van der Waals surface area contributed by atoms with Crippen LogP contribution in [-0.2, 0) is 0 Å². The summed E-state index contributed by atoms with van der Waals surface area (Å²) < 4.78 is 0.